The summed E-state index contributed by atoms with van der Waals surface area (Å²) in [5.74, 6) is -0.309. The third-order valence-corrected chi connectivity index (χ3v) is 3.84. The van der Waals surface area contributed by atoms with Crippen LogP contribution in [0.15, 0.2) is 18.2 Å². The molecule has 1 saturated heterocycles. The molecule has 0 bridgehead atoms. The Kier molecular flexibility index (Phi) is 3.30. The molecule has 1 heterocycles. The number of nitrogens with zero attached hydrogens (tertiary/aromatic N) is 1. The van der Waals surface area contributed by atoms with Gasteiger partial charge in [0.05, 0.1) is 17.3 Å². The summed E-state index contributed by atoms with van der Waals surface area (Å²) in [6.45, 7) is 9.54. The first kappa shape index (κ1) is 14.8. The van der Waals surface area contributed by atoms with E-state index in [0.717, 1.165) is 5.56 Å². The largest absolute Gasteiger partial charge is 0.366 e. The molecule has 0 aliphatic carbocycles. The van der Waals surface area contributed by atoms with Crippen molar-refractivity contribution >= 4 is 5.69 Å². The minimum Gasteiger partial charge on any atom is -0.366 e. The first-order valence-corrected chi connectivity index (χ1v) is 6.76. The monoisotopic (exact) mass is 276 g/mol. The van der Waals surface area contributed by atoms with E-state index >= 15 is 0 Å². The molecule has 1 atom stereocenters. The molecule has 0 amide bonds. The topological polar surface area (TPSA) is 45.0 Å². The zero-order chi connectivity index (χ0) is 15.2. The second-order valence-electron chi connectivity index (χ2n) is 6.71. The summed E-state index contributed by atoms with van der Waals surface area (Å²) < 4.78 is 19.5. The Labute approximate surface area is 119 Å². The van der Waals surface area contributed by atoms with Gasteiger partial charge in [-0.25, -0.2) is 4.39 Å². The summed E-state index contributed by atoms with van der Waals surface area (Å²) in [7, 11) is 0. The van der Waals surface area contributed by atoms with Crippen molar-refractivity contribution in [3.05, 3.63) is 29.6 Å². The van der Waals surface area contributed by atoms with Gasteiger partial charge in [0.25, 0.3) is 0 Å². The van der Waals surface area contributed by atoms with Gasteiger partial charge in [0.15, 0.2) is 5.54 Å². The number of anilines is 1. The van der Waals surface area contributed by atoms with Gasteiger partial charge >= 0.3 is 0 Å². The molecule has 0 aromatic heterocycles. The van der Waals surface area contributed by atoms with Crippen LogP contribution in [0.5, 0.6) is 0 Å². The Bertz CT molecular complexity index is 554. The van der Waals surface area contributed by atoms with Gasteiger partial charge in [-0.2, -0.15) is 5.26 Å². The highest BCUT2D eigenvalue weighted by molar-refractivity contribution is 5.52. The van der Waals surface area contributed by atoms with E-state index in [1.807, 2.05) is 40.7 Å². The molecule has 1 aromatic carbocycles. The number of rotatable bonds is 2. The maximum absolute atomic E-state index is 13.5. The summed E-state index contributed by atoms with van der Waals surface area (Å²) >= 11 is 0. The van der Waals surface area contributed by atoms with Crippen LogP contribution >= 0.6 is 0 Å². The van der Waals surface area contributed by atoms with E-state index in [0.29, 0.717) is 12.1 Å². The molecule has 0 saturated carbocycles. The highest BCUT2D eigenvalue weighted by atomic mass is 19.1. The second kappa shape index (κ2) is 4.46. The van der Waals surface area contributed by atoms with Crippen molar-refractivity contribution in [2.24, 2.45) is 0 Å². The molecule has 20 heavy (non-hydrogen) atoms. The van der Waals surface area contributed by atoms with E-state index in [-0.39, 0.29) is 5.82 Å². The predicted octanol–water partition coefficient (Wildman–Crippen LogP) is 3.79. The highest BCUT2D eigenvalue weighted by Crippen LogP contribution is 2.46. The number of ether oxygens (including phenoxy) is 1. The fourth-order valence-corrected chi connectivity index (χ4v) is 3.12. The number of aryl methyl sites for hydroxylation is 1. The first-order valence-electron chi connectivity index (χ1n) is 6.76. The molecule has 1 aromatic rings. The van der Waals surface area contributed by atoms with E-state index < -0.39 is 16.7 Å². The van der Waals surface area contributed by atoms with Gasteiger partial charge in [-0.15, -0.1) is 0 Å². The van der Waals surface area contributed by atoms with Crippen molar-refractivity contribution in [2.75, 3.05) is 5.32 Å². The van der Waals surface area contributed by atoms with Gasteiger partial charge in [-0.05, 0) is 58.4 Å². The molecule has 1 unspecified atom stereocenters. The summed E-state index contributed by atoms with van der Waals surface area (Å²) in [6.07, 6.45) is 0.541. The molecule has 4 heteroatoms. The minimum atomic E-state index is -0.878. The molecule has 0 spiro atoms. The molecule has 2 rings (SSSR count). The van der Waals surface area contributed by atoms with Crippen molar-refractivity contribution < 1.29 is 9.13 Å². The fourth-order valence-electron chi connectivity index (χ4n) is 3.12. The van der Waals surface area contributed by atoms with Crippen LogP contribution in [0, 0.1) is 24.1 Å². The zero-order valence-corrected chi connectivity index (χ0v) is 12.7. The van der Waals surface area contributed by atoms with E-state index in [1.165, 1.54) is 12.1 Å². The van der Waals surface area contributed by atoms with Gasteiger partial charge in [-0.3, -0.25) is 0 Å². The van der Waals surface area contributed by atoms with E-state index in [2.05, 4.69) is 11.4 Å². The summed E-state index contributed by atoms with van der Waals surface area (Å²) in [6, 6.07) is 7.06. The van der Waals surface area contributed by atoms with Crippen LogP contribution in [-0.2, 0) is 4.74 Å². The third kappa shape index (κ3) is 2.51. The fraction of sp³-hybridized carbons (Fsp3) is 0.562. The predicted molar refractivity (Wildman–Crippen MR) is 77.0 cm³/mol. The van der Waals surface area contributed by atoms with Crippen LogP contribution < -0.4 is 5.32 Å². The van der Waals surface area contributed by atoms with Crippen molar-refractivity contribution in [1.29, 1.82) is 5.26 Å². The number of nitriles is 1. The van der Waals surface area contributed by atoms with E-state index in [1.54, 1.807) is 0 Å². The van der Waals surface area contributed by atoms with Crippen molar-refractivity contribution in [2.45, 2.75) is 57.8 Å². The van der Waals surface area contributed by atoms with E-state index in [9.17, 15) is 9.65 Å². The molecule has 1 fully saturated rings. The Hall–Kier alpha value is -1.60. The smallest absolute Gasteiger partial charge is 0.156 e. The molecular weight excluding hydrogens is 255 g/mol. The number of benzene rings is 1. The molecule has 1 aliphatic rings. The van der Waals surface area contributed by atoms with Crippen LogP contribution in [0.2, 0.25) is 0 Å². The number of nitrogens with one attached hydrogen (secondary N) is 1. The van der Waals surface area contributed by atoms with Crippen LogP contribution in [0.3, 0.4) is 0 Å². The molecule has 1 aliphatic heterocycles. The van der Waals surface area contributed by atoms with Crippen molar-refractivity contribution in [3.63, 3.8) is 0 Å². The summed E-state index contributed by atoms with van der Waals surface area (Å²) in [5.41, 5.74) is -0.508. The van der Waals surface area contributed by atoms with Gasteiger partial charge < -0.3 is 10.1 Å². The Balaban J connectivity index is 2.41. The second-order valence-corrected chi connectivity index (χ2v) is 6.71. The van der Waals surface area contributed by atoms with Crippen LogP contribution in [0.1, 0.15) is 39.7 Å². The lowest BCUT2D eigenvalue weighted by Gasteiger charge is -2.35. The third-order valence-electron chi connectivity index (χ3n) is 3.84. The Morgan fingerprint density at radius 3 is 2.35 bits per heavy atom. The average Bonchev–Trinajstić information content (AvgIpc) is 2.42. The number of hydrogen-bond acceptors (Lipinski definition) is 3. The first-order chi connectivity index (χ1) is 9.09. The lowest BCUT2D eigenvalue weighted by Crippen LogP contribution is -2.51. The highest BCUT2D eigenvalue weighted by Gasteiger charge is 2.58. The SMILES string of the molecule is Cc1cc(F)cc(NC2(C#N)CC(C)(C)OC2(C)C)c1. The van der Waals surface area contributed by atoms with Crippen LogP contribution in [-0.4, -0.2) is 16.7 Å². The lowest BCUT2D eigenvalue weighted by atomic mass is 9.80. The Morgan fingerprint density at radius 2 is 1.90 bits per heavy atom. The molecule has 1 N–H and O–H groups in total. The minimum absolute atomic E-state index is 0.309. The summed E-state index contributed by atoms with van der Waals surface area (Å²) in [4.78, 5) is 0. The quantitative estimate of drug-likeness (QED) is 0.894. The maximum Gasteiger partial charge on any atom is 0.156 e. The molecule has 3 nitrogen and oxygen atoms in total. The normalized spacial score (nSPS) is 27.1. The van der Waals surface area contributed by atoms with Gasteiger partial charge in [0.1, 0.15) is 5.82 Å². The van der Waals surface area contributed by atoms with Crippen LogP contribution in [0.4, 0.5) is 10.1 Å². The van der Waals surface area contributed by atoms with Crippen molar-refractivity contribution in [1.82, 2.24) is 0 Å². The van der Waals surface area contributed by atoms with E-state index in [4.69, 9.17) is 4.74 Å². The molecular formula is C16H21FN2O. The summed E-state index contributed by atoms with van der Waals surface area (Å²) in [5, 5.41) is 12.9. The Morgan fingerprint density at radius 1 is 1.25 bits per heavy atom. The zero-order valence-electron chi connectivity index (χ0n) is 12.7. The van der Waals surface area contributed by atoms with Gasteiger partial charge in [0, 0.05) is 12.1 Å². The standard InChI is InChI=1S/C16H21FN2O/c1-11-6-12(17)8-13(7-11)19-16(10-18)9-14(2,3)20-15(16,4)5/h6-8,19H,9H2,1-5H3. The molecule has 108 valence electrons. The van der Waals surface area contributed by atoms with Gasteiger partial charge in [0.2, 0.25) is 0 Å². The van der Waals surface area contributed by atoms with Crippen molar-refractivity contribution in [3.8, 4) is 6.07 Å². The van der Waals surface area contributed by atoms with Crippen LogP contribution in [0.25, 0.3) is 0 Å². The number of hydrogen-bond donors (Lipinski definition) is 1. The average molecular weight is 276 g/mol. The molecule has 0 radical (unpaired) electrons. The van der Waals surface area contributed by atoms with Gasteiger partial charge in [-0.1, -0.05) is 0 Å². The maximum atomic E-state index is 13.5. The lowest BCUT2D eigenvalue weighted by molar-refractivity contribution is -0.0713. The number of halogens is 1.